The van der Waals surface area contributed by atoms with E-state index >= 15 is 0 Å². The van der Waals surface area contributed by atoms with E-state index in [0.29, 0.717) is 104 Å². The summed E-state index contributed by atoms with van der Waals surface area (Å²) in [6.45, 7) is 4.04. The molecule has 0 heterocycles. The predicted molar refractivity (Wildman–Crippen MR) is 209 cm³/mol. The van der Waals surface area contributed by atoms with Gasteiger partial charge in [0, 0.05) is 79.2 Å². The molecule has 17 heteroatoms. The first-order valence-electron chi connectivity index (χ1n) is 19.7. The second-order valence-corrected chi connectivity index (χ2v) is 17.9. The molecule has 0 radical (unpaired) electrons. The zero-order valence-electron chi connectivity index (χ0n) is 33.8. The minimum atomic E-state index is -3.17. The van der Waals surface area contributed by atoms with Crippen LogP contribution in [0.3, 0.4) is 0 Å². The predicted octanol–water partition coefficient (Wildman–Crippen LogP) is 3.21. The summed E-state index contributed by atoms with van der Waals surface area (Å²) < 4.78 is 37.0. The van der Waals surface area contributed by atoms with E-state index in [0.717, 1.165) is 0 Å². The van der Waals surface area contributed by atoms with Gasteiger partial charge in [-0.15, -0.1) is 0 Å². The number of ether oxygens (including phenoxy) is 6. The summed E-state index contributed by atoms with van der Waals surface area (Å²) in [5.41, 5.74) is -0.276. The maximum Gasteiger partial charge on any atom is 0.223 e. The summed E-state index contributed by atoms with van der Waals surface area (Å²) in [5.74, 6) is -1.60. The molecule has 15 nitrogen and oxygen atoms in total. The molecular formula is C38H68N2O13PS-. The highest BCUT2D eigenvalue weighted by molar-refractivity contribution is 8.09. The minimum Gasteiger partial charge on any atom is -0.800 e. The SMILES string of the molecule is COCCOCCCC(=O)CCC(NC(=O)CCC(NC(=O)C1CCC(OP([O-])(=S)C(C)C)CC1)C(=O)CCCOCCOC)C(=O)CCCOCCOC. The number of carbonyl (C=O) groups is 5. The molecule has 55 heavy (non-hydrogen) atoms. The highest BCUT2D eigenvalue weighted by Crippen LogP contribution is 2.46. The molecule has 3 unspecified atom stereocenters. The monoisotopic (exact) mass is 823 g/mol. The fraction of sp³-hybridized carbons (Fsp3) is 0.868. The summed E-state index contributed by atoms with van der Waals surface area (Å²) in [5, 5.41) is 5.68. The van der Waals surface area contributed by atoms with Crippen molar-refractivity contribution in [3.05, 3.63) is 0 Å². The molecule has 0 aliphatic heterocycles. The molecular weight excluding hydrogens is 755 g/mol. The van der Waals surface area contributed by atoms with Crippen molar-refractivity contribution in [1.29, 1.82) is 0 Å². The van der Waals surface area contributed by atoms with Gasteiger partial charge >= 0.3 is 0 Å². The van der Waals surface area contributed by atoms with Crippen molar-refractivity contribution in [2.24, 2.45) is 5.92 Å². The van der Waals surface area contributed by atoms with E-state index < -0.39 is 24.5 Å². The Morgan fingerprint density at radius 1 is 0.636 bits per heavy atom. The van der Waals surface area contributed by atoms with Crippen molar-refractivity contribution in [2.75, 3.05) is 80.8 Å². The summed E-state index contributed by atoms with van der Waals surface area (Å²) in [6.07, 6.45) is 3.87. The third-order valence-electron chi connectivity index (χ3n) is 9.24. The van der Waals surface area contributed by atoms with E-state index in [-0.39, 0.29) is 85.9 Å². The van der Waals surface area contributed by atoms with Crippen LogP contribution in [-0.4, -0.2) is 134 Å². The fourth-order valence-electron chi connectivity index (χ4n) is 5.80. The Balaban J connectivity index is 2.87. The van der Waals surface area contributed by atoms with Gasteiger partial charge in [-0.05, 0) is 69.9 Å². The van der Waals surface area contributed by atoms with Gasteiger partial charge in [-0.3, -0.25) is 24.0 Å². The number of carbonyl (C=O) groups excluding carboxylic acids is 5. The van der Waals surface area contributed by atoms with E-state index in [2.05, 4.69) is 10.6 Å². The Bertz CT molecular complexity index is 1150. The van der Waals surface area contributed by atoms with Crippen LogP contribution in [0.4, 0.5) is 0 Å². The minimum absolute atomic E-state index is 0.0309. The van der Waals surface area contributed by atoms with Crippen LogP contribution in [-0.2, 0) is 68.7 Å². The Morgan fingerprint density at radius 3 is 1.56 bits per heavy atom. The van der Waals surface area contributed by atoms with Gasteiger partial charge in [0.1, 0.15) is 5.78 Å². The molecule has 2 N–H and O–H groups in total. The molecule has 0 bridgehead atoms. The number of rotatable bonds is 35. The van der Waals surface area contributed by atoms with Gasteiger partial charge in [-0.25, -0.2) is 0 Å². The zero-order valence-corrected chi connectivity index (χ0v) is 35.5. The van der Waals surface area contributed by atoms with Crippen molar-refractivity contribution in [2.45, 2.75) is 128 Å². The number of Topliss-reactive ketones (excluding diaryl/α,β-unsaturated/α-hetero) is 3. The fourth-order valence-corrected chi connectivity index (χ4v) is 7.03. The molecule has 2 amide bonds. The topological polar surface area (TPSA) is 197 Å². The van der Waals surface area contributed by atoms with Crippen molar-refractivity contribution in [3.8, 4) is 0 Å². The molecule has 0 aromatic carbocycles. The maximum atomic E-state index is 13.4. The summed E-state index contributed by atoms with van der Waals surface area (Å²) in [7, 11) is 4.73. The van der Waals surface area contributed by atoms with E-state index in [4.69, 9.17) is 44.8 Å². The number of hydrogen-bond donors (Lipinski definition) is 2. The van der Waals surface area contributed by atoms with Gasteiger partial charge in [-0.1, -0.05) is 25.7 Å². The van der Waals surface area contributed by atoms with Crippen molar-refractivity contribution < 1.29 is 61.8 Å². The third kappa shape index (κ3) is 24.6. The number of ketones is 3. The molecule has 1 rings (SSSR count). The lowest BCUT2D eigenvalue weighted by Crippen LogP contribution is -2.46. The zero-order chi connectivity index (χ0) is 40.9. The van der Waals surface area contributed by atoms with Gasteiger partial charge in [-0.2, -0.15) is 0 Å². The van der Waals surface area contributed by atoms with Crippen molar-refractivity contribution in [3.63, 3.8) is 0 Å². The Morgan fingerprint density at radius 2 is 1.09 bits per heavy atom. The summed E-state index contributed by atoms with van der Waals surface area (Å²) in [6, 6.07) is -1.81. The second kappa shape index (κ2) is 31.3. The van der Waals surface area contributed by atoms with E-state index in [9.17, 15) is 28.9 Å². The molecule has 0 aromatic rings. The molecule has 0 aromatic heterocycles. The maximum absolute atomic E-state index is 13.4. The molecule has 1 saturated carbocycles. The van der Waals surface area contributed by atoms with Crippen LogP contribution >= 0.6 is 6.49 Å². The quantitative estimate of drug-likeness (QED) is 0.0698. The molecule has 0 spiro atoms. The molecule has 1 aliphatic carbocycles. The number of nitrogens with one attached hydrogen (secondary N) is 2. The first-order chi connectivity index (χ1) is 26.3. The van der Waals surface area contributed by atoms with Crippen LogP contribution in [0.1, 0.15) is 104 Å². The first-order valence-corrected chi connectivity index (χ1v) is 22.4. The van der Waals surface area contributed by atoms with Crippen LogP contribution < -0.4 is 15.5 Å². The lowest BCUT2D eigenvalue weighted by molar-refractivity contribution is -0.189. The highest BCUT2D eigenvalue weighted by Gasteiger charge is 2.31. The molecule has 320 valence electrons. The molecule has 1 aliphatic rings. The second-order valence-electron chi connectivity index (χ2n) is 14.1. The van der Waals surface area contributed by atoms with E-state index in [1.165, 1.54) is 0 Å². The van der Waals surface area contributed by atoms with Crippen LogP contribution in [0.2, 0.25) is 0 Å². The lowest BCUT2D eigenvalue weighted by Gasteiger charge is -2.38. The average molecular weight is 824 g/mol. The van der Waals surface area contributed by atoms with Gasteiger partial charge in [0.2, 0.25) is 11.8 Å². The standard InChI is InChI=1S/C38H69N2O13PS/c1-29(2)54(46,55)53-32-15-12-30(13-16-32)38(45)40-34(36(43)11-8-22-52-28-25-49-5)18-19-37(44)39-33(35(42)10-7-21-51-27-24-48-4)17-14-31(41)9-6-20-50-26-23-47-3/h29-30,32-34H,6-28H2,1-5H3,(H,39,44)(H,40,45)(H,46,55)/p-1. The number of amides is 2. The molecule has 1 fully saturated rings. The lowest BCUT2D eigenvalue weighted by atomic mass is 9.86. The first kappa shape index (κ1) is 51.3. The van der Waals surface area contributed by atoms with Crippen molar-refractivity contribution in [1.82, 2.24) is 10.6 Å². The van der Waals surface area contributed by atoms with Crippen LogP contribution in [0.5, 0.6) is 0 Å². The van der Waals surface area contributed by atoms with Crippen molar-refractivity contribution >= 4 is 47.5 Å². The smallest absolute Gasteiger partial charge is 0.223 e. The largest absolute Gasteiger partial charge is 0.800 e. The highest BCUT2D eigenvalue weighted by atomic mass is 32.5. The normalized spacial score (nSPS) is 18.0. The Hall–Kier alpha value is -1.72. The number of methoxy groups -OCH3 is 3. The van der Waals surface area contributed by atoms with Gasteiger partial charge in [0.15, 0.2) is 11.6 Å². The van der Waals surface area contributed by atoms with Crippen LogP contribution in [0.15, 0.2) is 0 Å². The Labute approximate surface area is 333 Å². The van der Waals surface area contributed by atoms with Crippen LogP contribution in [0.25, 0.3) is 0 Å². The summed E-state index contributed by atoms with van der Waals surface area (Å²) >= 11 is 5.18. The van der Waals surface area contributed by atoms with E-state index in [1.54, 1.807) is 35.2 Å². The van der Waals surface area contributed by atoms with Crippen LogP contribution in [0, 0.1) is 5.92 Å². The summed E-state index contributed by atoms with van der Waals surface area (Å²) in [4.78, 5) is 78.6. The van der Waals surface area contributed by atoms with E-state index in [1.807, 2.05) is 0 Å². The third-order valence-corrected chi connectivity index (χ3v) is 12.6. The molecule has 3 atom stereocenters. The van der Waals surface area contributed by atoms with Gasteiger partial charge in [0.05, 0.1) is 57.8 Å². The van der Waals surface area contributed by atoms with Gasteiger partial charge < -0.3 is 48.5 Å². The van der Waals surface area contributed by atoms with Gasteiger partial charge in [0.25, 0.3) is 0 Å². The Kier molecular flexibility index (Phi) is 29.2. The average Bonchev–Trinajstić information content (AvgIpc) is 3.15. The number of hydrogen-bond acceptors (Lipinski definition) is 14. The molecule has 0 saturated heterocycles.